The highest BCUT2D eigenvalue weighted by Gasteiger charge is 2.51. The van der Waals surface area contributed by atoms with Crippen LogP contribution >= 0.6 is 11.6 Å². The van der Waals surface area contributed by atoms with Crippen LogP contribution in [0, 0.1) is 0 Å². The summed E-state index contributed by atoms with van der Waals surface area (Å²) in [6.45, 7) is 1.14. The monoisotopic (exact) mass is 439 g/mol. The summed E-state index contributed by atoms with van der Waals surface area (Å²) >= 11 is 6.22. The van der Waals surface area contributed by atoms with Gasteiger partial charge in [0.15, 0.2) is 9.84 Å². The number of carbonyl (C=O) groups is 3. The number of rotatable bonds is 5. The van der Waals surface area contributed by atoms with E-state index >= 15 is 0 Å². The second-order valence-corrected chi connectivity index (χ2v) is 10.7. The molecule has 1 aromatic carbocycles. The number of benzene rings is 1. The molecule has 3 fully saturated rings. The van der Waals surface area contributed by atoms with E-state index in [0.717, 1.165) is 17.7 Å². The third-order valence-corrected chi connectivity index (χ3v) is 7.89. The molecule has 1 N–H and O–H groups in total. The van der Waals surface area contributed by atoms with Crippen molar-refractivity contribution in [3.8, 4) is 0 Å². The quantitative estimate of drug-likeness (QED) is 0.696. The molecule has 2 saturated heterocycles. The summed E-state index contributed by atoms with van der Waals surface area (Å²) in [7, 11) is -3.16. The molecule has 2 atom stereocenters. The van der Waals surface area contributed by atoms with Crippen molar-refractivity contribution < 1.29 is 22.8 Å². The van der Waals surface area contributed by atoms with E-state index < -0.39 is 45.8 Å². The van der Waals surface area contributed by atoms with Gasteiger partial charge >= 0.3 is 6.03 Å². The Morgan fingerprint density at radius 2 is 1.93 bits per heavy atom. The predicted octanol–water partition coefficient (Wildman–Crippen LogP) is 1.29. The van der Waals surface area contributed by atoms with Gasteiger partial charge in [0.1, 0.15) is 12.1 Å². The summed E-state index contributed by atoms with van der Waals surface area (Å²) in [5, 5.41) is 2.99. The molecule has 156 valence electrons. The fourth-order valence-electron chi connectivity index (χ4n) is 4.16. The number of nitrogens with one attached hydrogen (secondary N) is 1. The van der Waals surface area contributed by atoms with Crippen LogP contribution in [0.15, 0.2) is 24.3 Å². The Morgan fingerprint density at radius 1 is 1.24 bits per heavy atom. The van der Waals surface area contributed by atoms with E-state index in [4.69, 9.17) is 11.6 Å². The number of halogens is 1. The molecule has 1 aliphatic carbocycles. The summed E-state index contributed by atoms with van der Waals surface area (Å²) in [4.78, 5) is 41.1. The topological polar surface area (TPSA) is 104 Å². The number of hydrogen-bond donors (Lipinski definition) is 1. The average molecular weight is 440 g/mol. The van der Waals surface area contributed by atoms with Crippen molar-refractivity contribution in [3.05, 3.63) is 34.9 Å². The number of hydrogen-bond acceptors (Lipinski definition) is 5. The maximum absolute atomic E-state index is 13.1. The van der Waals surface area contributed by atoms with Crippen molar-refractivity contribution in [2.75, 3.05) is 18.1 Å². The van der Waals surface area contributed by atoms with Crippen LogP contribution in [0.4, 0.5) is 4.79 Å². The van der Waals surface area contributed by atoms with Crippen molar-refractivity contribution in [1.29, 1.82) is 0 Å². The fourth-order valence-corrected chi connectivity index (χ4v) is 6.20. The summed E-state index contributed by atoms with van der Waals surface area (Å²) in [5.41, 5.74) is -0.910. The van der Waals surface area contributed by atoms with E-state index in [-0.39, 0.29) is 17.5 Å². The standard InChI is InChI=1S/C19H22ClN3O5S/c1-19(14-4-2-3-5-15(14)20)17(25)22(18(26)21-19)10-16(24)23(12-6-7-12)13-8-9-29(27,28)11-13/h2-5,12-13H,6-11H2,1H3,(H,21,26)/t13-,19-/m1/s1. The second kappa shape index (κ2) is 6.98. The number of sulfone groups is 1. The van der Waals surface area contributed by atoms with Crippen molar-refractivity contribution in [3.63, 3.8) is 0 Å². The highest BCUT2D eigenvalue weighted by molar-refractivity contribution is 7.91. The highest BCUT2D eigenvalue weighted by atomic mass is 35.5. The van der Waals surface area contributed by atoms with Crippen molar-refractivity contribution >= 4 is 39.3 Å². The largest absolute Gasteiger partial charge is 0.334 e. The maximum atomic E-state index is 13.1. The Labute approximate surface area is 174 Å². The average Bonchev–Trinajstić information content (AvgIpc) is 3.37. The minimum atomic E-state index is -3.16. The van der Waals surface area contributed by atoms with E-state index in [1.807, 2.05) is 0 Å². The number of carbonyl (C=O) groups excluding carboxylic acids is 3. The Bertz CT molecular complexity index is 993. The van der Waals surface area contributed by atoms with E-state index in [1.54, 1.807) is 36.1 Å². The fraction of sp³-hybridized carbons (Fsp3) is 0.526. The molecule has 0 radical (unpaired) electrons. The van der Waals surface area contributed by atoms with Gasteiger partial charge in [-0.3, -0.25) is 14.5 Å². The van der Waals surface area contributed by atoms with E-state index in [1.165, 1.54) is 0 Å². The molecule has 0 aromatic heterocycles. The van der Waals surface area contributed by atoms with Crippen LogP contribution in [0.25, 0.3) is 0 Å². The van der Waals surface area contributed by atoms with Gasteiger partial charge in [0, 0.05) is 22.7 Å². The molecule has 4 amide bonds. The first-order valence-electron chi connectivity index (χ1n) is 9.53. The Balaban J connectivity index is 1.54. The van der Waals surface area contributed by atoms with Crippen molar-refractivity contribution in [1.82, 2.24) is 15.1 Å². The van der Waals surface area contributed by atoms with E-state index in [0.29, 0.717) is 17.0 Å². The van der Waals surface area contributed by atoms with Gasteiger partial charge in [-0.1, -0.05) is 29.8 Å². The zero-order valence-electron chi connectivity index (χ0n) is 15.9. The summed E-state index contributed by atoms with van der Waals surface area (Å²) < 4.78 is 23.7. The molecule has 2 heterocycles. The molecule has 2 aliphatic heterocycles. The predicted molar refractivity (Wildman–Crippen MR) is 106 cm³/mol. The lowest BCUT2D eigenvalue weighted by Crippen LogP contribution is -2.49. The first-order chi connectivity index (χ1) is 13.6. The normalized spacial score (nSPS) is 28.5. The molecular formula is C19H22ClN3O5S. The van der Waals surface area contributed by atoms with Crippen molar-refractivity contribution in [2.24, 2.45) is 0 Å². The minimum Gasteiger partial charge on any atom is -0.334 e. The maximum Gasteiger partial charge on any atom is 0.325 e. The van der Waals surface area contributed by atoms with Gasteiger partial charge in [0.05, 0.1) is 11.5 Å². The zero-order valence-corrected chi connectivity index (χ0v) is 17.5. The summed E-state index contributed by atoms with van der Waals surface area (Å²) in [6, 6.07) is 5.65. The molecule has 10 heteroatoms. The Morgan fingerprint density at radius 3 is 2.52 bits per heavy atom. The first kappa shape index (κ1) is 20.2. The lowest BCUT2D eigenvalue weighted by molar-refractivity contribution is -0.140. The van der Waals surface area contributed by atoms with E-state index in [2.05, 4.69) is 5.32 Å². The van der Waals surface area contributed by atoms with Crippen LogP contribution in [0.2, 0.25) is 5.02 Å². The van der Waals surface area contributed by atoms with Crippen LogP contribution in [0.5, 0.6) is 0 Å². The van der Waals surface area contributed by atoms with Gasteiger partial charge in [-0.25, -0.2) is 13.2 Å². The molecule has 0 spiro atoms. The van der Waals surface area contributed by atoms with Gasteiger partial charge in [-0.05, 0) is 32.3 Å². The van der Waals surface area contributed by atoms with Crippen LogP contribution in [-0.2, 0) is 25.0 Å². The van der Waals surface area contributed by atoms with Crippen LogP contribution in [0.1, 0.15) is 31.7 Å². The molecular weight excluding hydrogens is 418 g/mol. The van der Waals surface area contributed by atoms with Crippen molar-refractivity contribution in [2.45, 2.75) is 43.8 Å². The molecule has 0 bridgehead atoms. The molecule has 29 heavy (non-hydrogen) atoms. The van der Waals surface area contributed by atoms with Crippen LogP contribution < -0.4 is 5.32 Å². The molecule has 1 saturated carbocycles. The van der Waals surface area contributed by atoms with Gasteiger partial charge in [0.2, 0.25) is 5.91 Å². The van der Waals surface area contributed by atoms with Gasteiger partial charge < -0.3 is 10.2 Å². The highest BCUT2D eigenvalue weighted by Crippen LogP contribution is 2.35. The van der Waals surface area contributed by atoms with Crippen LogP contribution in [0.3, 0.4) is 0 Å². The second-order valence-electron chi connectivity index (χ2n) is 8.02. The summed E-state index contributed by atoms with van der Waals surface area (Å²) in [5.74, 6) is -0.963. The minimum absolute atomic E-state index is 0.0171. The third-order valence-electron chi connectivity index (χ3n) is 5.81. The molecule has 8 nitrogen and oxygen atoms in total. The smallest absolute Gasteiger partial charge is 0.325 e. The zero-order chi connectivity index (χ0) is 21.0. The number of amides is 4. The van der Waals surface area contributed by atoms with E-state index in [9.17, 15) is 22.8 Å². The number of urea groups is 1. The SMILES string of the molecule is C[C@]1(c2ccccc2Cl)NC(=O)N(CC(=O)N(C2CC2)[C@@H]2CCS(=O)(=O)C2)C1=O. The lowest BCUT2D eigenvalue weighted by atomic mass is 9.92. The molecule has 4 rings (SSSR count). The lowest BCUT2D eigenvalue weighted by Gasteiger charge is -2.30. The van der Waals surface area contributed by atoms with Crippen LogP contribution in [-0.4, -0.2) is 66.2 Å². The first-order valence-corrected chi connectivity index (χ1v) is 11.7. The summed E-state index contributed by atoms with van der Waals surface area (Å²) in [6.07, 6.45) is 2.00. The Hall–Kier alpha value is -2.13. The molecule has 1 aromatic rings. The third kappa shape index (κ3) is 3.61. The molecule has 3 aliphatic rings. The molecule has 0 unspecified atom stereocenters. The van der Waals surface area contributed by atoms with Gasteiger partial charge in [0.25, 0.3) is 5.91 Å². The number of imide groups is 1. The Kier molecular flexibility index (Phi) is 4.85. The van der Waals surface area contributed by atoms with Gasteiger partial charge in [-0.2, -0.15) is 0 Å². The number of nitrogens with zero attached hydrogens (tertiary/aromatic N) is 2. The van der Waals surface area contributed by atoms with Gasteiger partial charge in [-0.15, -0.1) is 0 Å².